The van der Waals surface area contributed by atoms with Gasteiger partial charge in [0.2, 0.25) is 0 Å². The van der Waals surface area contributed by atoms with Crippen LogP contribution >= 0.6 is 0 Å². The van der Waals surface area contributed by atoms with E-state index in [0.29, 0.717) is 24.3 Å². The summed E-state index contributed by atoms with van der Waals surface area (Å²) < 4.78 is 75.0. The van der Waals surface area contributed by atoms with Crippen molar-refractivity contribution in [1.29, 1.82) is 0 Å². The molecule has 4 aliphatic carbocycles. The number of rotatable bonds is 6. The Morgan fingerprint density at radius 1 is 0.945 bits per heavy atom. The molecule has 0 aromatic heterocycles. The van der Waals surface area contributed by atoms with Crippen LogP contribution in [-0.4, -0.2) is 142 Å². The second-order valence-electron chi connectivity index (χ2n) is 18.1. The van der Waals surface area contributed by atoms with Crippen LogP contribution in [0.1, 0.15) is 72.6 Å². The molecule has 7 N–H and O–H groups in total. The molecule has 8 aliphatic rings. The first-order chi connectivity index (χ1) is 25.8. The van der Waals surface area contributed by atoms with E-state index in [4.69, 9.17) is 32.6 Å². The van der Waals surface area contributed by atoms with E-state index in [1.807, 2.05) is 0 Å². The Labute approximate surface area is 321 Å². The zero-order valence-corrected chi connectivity index (χ0v) is 32.6. The molecule has 0 bridgehead atoms. The lowest BCUT2D eigenvalue weighted by molar-refractivity contribution is -0.361. The van der Waals surface area contributed by atoms with Crippen LogP contribution in [0, 0.1) is 40.4 Å². The Balaban J connectivity index is 1.05. The smallest absolute Gasteiger partial charge is 0.393 e. The molecule has 0 amide bonds. The van der Waals surface area contributed by atoms with Crippen LogP contribution in [0.5, 0.6) is 0 Å². The van der Waals surface area contributed by atoms with Crippen molar-refractivity contribution in [2.24, 2.45) is 40.4 Å². The van der Waals surface area contributed by atoms with Crippen molar-refractivity contribution >= 4 is 10.4 Å². The molecule has 0 aromatic rings. The molecule has 21 unspecified atom stereocenters. The Bertz CT molecular complexity index is 1630. The first-order valence-electron chi connectivity index (χ1n) is 19.8. The summed E-state index contributed by atoms with van der Waals surface area (Å²) in [4.78, 5) is 0. The van der Waals surface area contributed by atoms with Gasteiger partial charge >= 0.3 is 10.4 Å². The molecule has 0 aromatic carbocycles. The number of allylic oxidation sites excluding steroid dienone is 1. The third-order valence-corrected chi connectivity index (χ3v) is 15.8. The van der Waals surface area contributed by atoms with Crippen LogP contribution in [0.3, 0.4) is 0 Å². The van der Waals surface area contributed by atoms with Crippen LogP contribution in [0.4, 0.5) is 0 Å². The van der Waals surface area contributed by atoms with Gasteiger partial charge in [-0.15, -0.1) is 0 Å². The summed E-state index contributed by atoms with van der Waals surface area (Å²) in [6, 6.07) is 0. The molecule has 16 nitrogen and oxygen atoms in total. The average Bonchev–Trinajstić information content (AvgIpc) is 3.56. The highest BCUT2D eigenvalue weighted by Crippen LogP contribution is 2.71. The topological polar surface area (TPSA) is 240 Å². The van der Waals surface area contributed by atoms with E-state index in [9.17, 15) is 43.6 Å². The van der Waals surface area contributed by atoms with Crippen molar-refractivity contribution in [3.8, 4) is 0 Å². The minimum absolute atomic E-state index is 0.0200. The lowest BCUT2D eigenvalue weighted by atomic mass is 9.46. The molecule has 55 heavy (non-hydrogen) atoms. The van der Waals surface area contributed by atoms with E-state index in [1.54, 1.807) is 0 Å². The van der Waals surface area contributed by atoms with Gasteiger partial charge in [-0.25, -0.2) is 4.18 Å². The number of hydrogen-bond acceptors (Lipinski definition) is 15. The maximum Gasteiger partial charge on any atom is 0.397 e. The summed E-state index contributed by atoms with van der Waals surface area (Å²) in [6.07, 6.45) is -9.08. The molecular weight excluding hydrogens is 744 g/mol. The largest absolute Gasteiger partial charge is 0.397 e. The van der Waals surface area contributed by atoms with Crippen LogP contribution < -0.4 is 0 Å². The van der Waals surface area contributed by atoms with Gasteiger partial charge in [-0.05, 0) is 73.7 Å². The zero-order valence-electron chi connectivity index (χ0n) is 31.8. The summed E-state index contributed by atoms with van der Waals surface area (Å²) in [6.45, 7) is 11.9. The molecule has 17 heteroatoms. The highest BCUT2D eigenvalue weighted by atomic mass is 32.3. The van der Waals surface area contributed by atoms with Crippen molar-refractivity contribution in [2.75, 3.05) is 13.2 Å². The van der Waals surface area contributed by atoms with Gasteiger partial charge in [0.25, 0.3) is 0 Å². The number of ether oxygens (including phenoxy) is 6. The summed E-state index contributed by atoms with van der Waals surface area (Å²) in [5.74, 6) is 0.199. The quantitative estimate of drug-likeness (QED) is 0.145. The predicted molar refractivity (Wildman–Crippen MR) is 189 cm³/mol. The molecule has 4 aliphatic heterocycles. The molecule has 3 saturated carbocycles. The van der Waals surface area contributed by atoms with Gasteiger partial charge in [0.15, 0.2) is 18.4 Å². The van der Waals surface area contributed by atoms with E-state index >= 15 is 0 Å². The Hall–Kier alpha value is -1.13. The van der Waals surface area contributed by atoms with E-state index < -0.39 is 102 Å². The fourth-order valence-electron chi connectivity index (χ4n) is 12.4. The standard InChI is InChI=1S/C38H58O16S/c1-16-14-49-38(13-24(16)40)17(2)28-25(53-38)12-23-21-7-6-19-10-20(39)11-27(37(19,5)22(21)8-9-36(23,28)4)51-35-33(30(42)26(15-48-35)54-55(45,46)47)52-34-32(44)31(43)29(41)18(3)50-34/h6,17-18,20-35,39-44H,1,7-15H2,2-5H3,(H,45,46,47). The van der Waals surface area contributed by atoms with E-state index in [-0.39, 0.29) is 48.2 Å². The number of hydrogen-bond donors (Lipinski definition) is 7. The summed E-state index contributed by atoms with van der Waals surface area (Å²) in [5.41, 5.74) is 1.12. The van der Waals surface area contributed by atoms with Gasteiger partial charge < -0.3 is 59.1 Å². The van der Waals surface area contributed by atoms with E-state index in [1.165, 1.54) is 6.92 Å². The average molecular weight is 803 g/mol. The molecule has 7 fully saturated rings. The summed E-state index contributed by atoms with van der Waals surface area (Å²) >= 11 is 0. The molecule has 8 rings (SSSR count). The van der Waals surface area contributed by atoms with Crippen LogP contribution in [0.15, 0.2) is 23.8 Å². The number of aliphatic hydroxyl groups excluding tert-OH is 6. The first-order valence-corrected chi connectivity index (χ1v) is 21.1. The molecular formula is C38H58O16S. The maximum atomic E-state index is 11.7. The Kier molecular flexibility index (Phi) is 10.5. The zero-order chi connectivity index (χ0) is 39.6. The minimum atomic E-state index is -5.04. The minimum Gasteiger partial charge on any atom is -0.393 e. The van der Waals surface area contributed by atoms with Crippen molar-refractivity contribution in [1.82, 2.24) is 0 Å². The Morgan fingerprint density at radius 2 is 1.69 bits per heavy atom. The van der Waals surface area contributed by atoms with Gasteiger partial charge in [0.1, 0.15) is 36.6 Å². The molecule has 4 heterocycles. The third-order valence-electron chi connectivity index (χ3n) is 15.3. The van der Waals surface area contributed by atoms with Crippen LogP contribution in [-0.2, 0) is 43.0 Å². The molecule has 4 saturated heterocycles. The lowest BCUT2D eigenvalue weighted by Gasteiger charge is -2.60. The first kappa shape index (κ1) is 40.6. The molecule has 312 valence electrons. The van der Waals surface area contributed by atoms with Gasteiger partial charge in [0, 0.05) is 24.2 Å². The fourth-order valence-corrected chi connectivity index (χ4v) is 12.9. The van der Waals surface area contributed by atoms with Gasteiger partial charge in [-0.3, -0.25) is 4.55 Å². The van der Waals surface area contributed by atoms with E-state index in [0.717, 1.165) is 31.3 Å². The molecule has 21 atom stereocenters. The monoisotopic (exact) mass is 802 g/mol. The fraction of sp³-hybridized carbons (Fsp3) is 0.895. The Morgan fingerprint density at radius 3 is 2.40 bits per heavy atom. The van der Waals surface area contributed by atoms with E-state index in [2.05, 4.69) is 33.4 Å². The van der Waals surface area contributed by atoms with Gasteiger partial charge in [0.05, 0.1) is 43.7 Å². The van der Waals surface area contributed by atoms with Crippen molar-refractivity contribution in [3.05, 3.63) is 23.8 Å². The highest BCUT2D eigenvalue weighted by molar-refractivity contribution is 7.80. The van der Waals surface area contributed by atoms with Crippen LogP contribution in [0.25, 0.3) is 0 Å². The van der Waals surface area contributed by atoms with Crippen molar-refractivity contribution in [2.45, 2.75) is 158 Å². The van der Waals surface area contributed by atoms with Crippen LogP contribution in [0.2, 0.25) is 0 Å². The summed E-state index contributed by atoms with van der Waals surface area (Å²) in [7, 11) is -5.04. The lowest BCUT2D eigenvalue weighted by Crippen LogP contribution is -2.63. The van der Waals surface area contributed by atoms with Crippen molar-refractivity contribution in [3.63, 3.8) is 0 Å². The SMILES string of the molecule is C=C1COC2(CC1O)OC1CC3C4CC=C5CC(O)CC(OC6OCC(OS(=O)(=O)O)C(O)C6OC6OC(C)C(O)C(O)C6O)C5(C)C4CCC3(C)C1C2C. The third kappa shape index (κ3) is 6.61. The maximum absolute atomic E-state index is 11.7. The highest BCUT2D eigenvalue weighted by Gasteiger charge is 2.70. The second-order valence-corrected chi connectivity index (χ2v) is 19.2. The summed E-state index contributed by atoms with van der Waals surface area (Å²) in [5, 5.41) is 64.9. The van der Waals surface area contributed by atoms with Gasteiger partial charge in [-0.2, -0.15) is 8.42 Å². The number of aliphatic hydroxyl groups is 6. The number of fused-ring (bicyclic) bond motifs is 7. The molecule has 1 spiro atoms. The second kappa shape index (κ2) is 14.3. The normalized spacial score (nSPS) is 55.3. The van der Waals surface area contributed by atoms with Crippen molar-refractivity contribution < 1.29 is 76.2 Å². The molecule has 0 radical (unpaired) electrons. The predicted octanol–water partition coefficient (Wildman–Crippen LogP) is 0.718. The van der Waals surface area contributed by atoms with Gasteiger partial charge in [-0.1, -0.05) is 39.0 Å².